The molecule has 0 atom stereocenters. The second-order valence-electron chi connectivity index (χ2n) is 5.38. The summed E-state index contributed by atoms with van der Waals surface area (Å²) in [6, 6.07) is 20.3. The van der Waals surface area contributed by atoms with Crippen molar-refractivity contribution in [2.24, 2.45) is 5.10 Å². The molecule has 0 spiro atoms. The van der Waals surface area contributed by atoms with Crippen LogP contribution in [0.4, 0.5) is 10.5 Å². The van der Waals surface area contributed by atoms with Crippen molar-refractivity contribution < 1.29 is 9.21 Å². The van der Waals surface area contributed by atoms with Gasteiger partial charge in [-0.15, -0.1) is 11.3 Å². The van der Waals surface area contributed by atoms with E-state index in [4.69, 9.17) is 4.42 Å². The summed E-state index contributed by atoms with van der Waals surface area (Å²) in [4.78, 5) is 16.3. The molecule has 0 aliphatic heterocycles. The lowest BCUT2D eigenvalue weighted by Crippen LogP contribution is -2.24. The molecule has 2 aromatic carbocycles. The van der Waals surface area contributed by atoms with Crippen molar-refractivity contribution in [3.8, 4) is 10.8 Å². The van der Waals surface area contributed by atoms with Crippen LogP contribution in [0.25, 0.3) is 21.0 Å². The van der Waals surface area contributed by atoms with Gasteiger partial charge in [-0.05, 0) is 36.4 Å². The molecule has 4 aromatic rings. The van der Waals surface area contributed by atoms with Gasteiger partial charge < -0.3 is 9.73 Å². The molecule has 2 heterocycles. The van der Waals surface area contributed by atoms with Crippen LogP contribution in [-0.4, -0.2) is 17.2 Å². The number of nitrogens with one attached hydrogen (secondary N) is 2. The normalized spacial score (nSPS) is 11.1. The number of thiazole rings is 1. The van der Waals surface area contributed by atoms with Gasteiger partial charge in [-0.25, -0.2) is 15.2 Å². The smallest absolute Gasteiger partial charge is 0.339 e. The van der Waals surface area contributed by atoms with Crippen LogP contribution < -0.4 is 10.7 Å². The van der Waals surface area contributed by atoms with Gasteiger partial charge in [0.2, 0.25) is 0 Å². The van der Waals surface area contributed by atoms with E-state index < -0.39 is 6.03 Å². The first kappa shape index (κ1) is 16.0. The molecule has 7 heteroatoms. The maximum absolute atomic E-state index is 11.8. The number of benzene rings is 2. The highest BCUT2D eigenvalue weighted by atomic mass is 32.1. The van der Waals surface area contributed by atoms with E-state index in [0.717, 1.165) is 15.2 Å². The molecule has 0 saturated heterocycles. The summed E-state index contributed by atoms with van der Waals surface area (Å²) in [5, 5.41) is 7.37. The number of aromatic nitrogens is 1. The minimum atomic E-state index is -0.426. The van der Waals surface area contributed by atoms with Gasteiger partial charge in [0.15, 0.2) is 10.8 Å². The van der Waals surface area contributed by atoms with E-state index in [1.165, 1.54) is 6.21 Å². The lowest BCUT2D eigenvalue weighted by Gasteiger charge is -2.02. The first-order valence-corrected chi connectivity index (χ1v) is 8.70. The number of hydrogen-bond donors (Lipinski definition) is 2. The van der Waals surface area contributed by atoms with E-state index in [-0.39, 0.29) is 0 Å². The fraction of sp³-hybridized carbons (Fsp3) is 0. The zero-order valence-electron chi connectivity index (χ0n) is 13.5. The molecule has 4 rings (SSSR count). The number of fused-ring (bicyclic) bond motifs is 1. The molecule has 2 N–H and O–H groups in total. The average Bonchev–Trinajstić information content (AvgIpc) is 3.29. The Morgan fingerprint density at radius 3 is 2.69 bits per heavy atom. The van der Waals surface area contributed by atoms with Crippen molar-refractivity contribution >= 4 is 39.5 Å². The summed E-state index contributed by atoms with van der Waals surface area (Å²) in [7, 11) is 0. The Kier molecular flexibility index (Phi) is 4.44. The largest absolute Gasteiger partial charge is 0.453 e. The number of furan rings is 1. The third-order valence-electron chi connectivity index (χ3n) is 3.52. The van der Waals surface area contributed by atoms with Crippen molar-refractivity contribution in [3.05, 3.63) is 72.5 Å². The van der Waals surface area contributed by atoms with Gasteiger partial charge in [0.25, 0.3) is 0 Å². The maximum atomic E-state index is 11.8. The Bertz CT molecular complexity index is 1040. The topological polar surface area (TPSA) is 79.5 Å². The molecule has 0 unspecified atom stereocenters. The van der Waals surface area contributed by atoms with Gasteiger partial charge in [0.1, 0.15) is 5.76 Å². The van der Waals surface area contributed by atoms with Crippen LogP contribution in [0.15, 0.2) is 76.2 Å². The van der Waals surface area contributed by atoms with Gasteiger partial charge in [0.05, 0.1) is 16.4 Å². The molecule has 0 fully saturated rings. The maximum Gasteiger partial charge on any atom is 0.339 e. The molecule has 26 heavy (non-hydrogen) atoms. The molecule has 2 amide bonds. The second kappa shape index (κ2) is 7.20. The Morgan fingerprint density at radius 1 is 1.04 bits per heavy atom. The Hall–Kier alpha value is -3.45. The van der Waals surface area contributed by atoms with E-state index in [9.17, 15) is 4.79 Å². The van der Waals surface area contributed by atoms with Gasteiger partial charge in [0, 0.05) is 5.69 Å². The highest BCUT2D eigenvalue weighted by Crippen LogP contribution is 2.30. The fourth-order valence-electron chi connectivity index (χ4n) is 2.35. The zero-order chi connectivity index (χ0) is 17.8. The predicted molar refractivity (Wildman–Crippen MR) is 104 cm³/mol. The SMILES string of the molecule is O=C(N/N=C\c1ccc(-c2nc3ccccc3s2)o1)Nc1ccccc1. The van der Waals surface area contributed by atoms with Crippen LogP contribution in [-0.2, 0) is 0 Å². The molecule has 2 aromatic heterocycles. The second-order valence-corrected chi connectivity index (χ2v) is 6.41. The zero-order valence-corrected chi connectivity index (χ0v) is 14.4. The first-order valence-electron chi connectivity index (χ1n) is 7.89. The quantitative estimate of drug-likeness (QED) is 0.407. The summed E-state index contributed by atoms with van der Waals surface area (Å²) in [5.41, 5.74) is 4.03. The third-order valence-corrected chi connectivity index (χ3v) is 4.57. The fourth-order valence-corrected chi connectivity index (χ4v) is 3.28. The van der Waals surface area contributed by atoms with Gasteiger partial charge >= 0.3 is 6.03 Å². The van der Waals surface area contributed by atoms with Crippen molar-refractivity contribution in [1.29, 1.82) is 0 Å². The highest BCUT2D eigenvalue weighted by Gasteiger charge is 2.09. The molecule has 128 valence electrons. The number of anilines is 1. The van der Waals surface area contributed by atoms with Crippen LogP contribution in [0, 0.1) is 0 Å². The molecule has 0 aliphatic rings. The third kappa shape index (κ3) is 3.62. The summed E-state index contributed by atoms with van der Waals surface area (Å²) in [6.45, 7) is 0. The molecule has 0 radical (unpaired) electrons. The van der Waals surface area contributed by atoms with Crippen LogP contribution in [0.2, 0.25) is 0 Å². The van der Waals surface area contributed by atoms with E-state index in [1.807, 2.05) is 48.5 Å². The van der Waals surface area contributed by atoms with E-state index in [2.05, 4.69) is 20.8 Å². The number of hydrazone groups is 1. The van der Waals surface area contributed by atoms with Gasteiger partial charge in [-0.2, -0.15) is 5.10 Å². The Morgan fingerprint density at radius 2 is 1.85 bits per heavy atom. The highest BCUT2D eigenvalue weighted by molar-refractivity contribution is 7.21. The van der Waals surface area contributed by atoms with Gasteiger partial charge in [-0.3, -0.25) is 0 Å². The summed E-state index contributed by atoms with van der Waals surface area (Å²) in [6.07, 6.45) is 1.45. The van der Waals surface area contributed by atoms with Crippen molar-refractivity contribution in [1.82, 2.24) is 10.4 Å². The lowest BCUT2D eigenvalue weighted by atomic mass is 10.3. The predicted octanol–water partition coefficient (Wildman–Crippen LogP) is 4.71. The summed E-state index contributed by atoms with van der Waals surface area (Å²) in [5.74, 6) is 1.20. The Labute approximate surface area is 153 Å². The van der Waals surface area contributed by atoms with Crippen LogP contribution in [0.5, 0.6) is 0 Å². The molecular weight excluding hydrogens is 348 g/mol. The summed E-state index contributed by atoms with van der Waals surface area (Å²) >= 11 is 1.56. The minimum Gasteiger partial charge on any atom is -0.453 e. The van der Waals surface area contributed by atoms with Crippen molar-refractivity contribution in [2.75, 3.05) is 5.32 Å². The van der Waals surface area contributed by atoms with Crippen LogP contribution >= 0.6 is 11.3 Å². The average molecular weight is 362 g/mol. The lowest BCUT2D eigenvalue weighted by molar-refractivity contribution is 0.252. The van der Waals surface area contributed by atoms with Crippen molar-refractivity contribution in [3.63, 3.8) is 0 Å². The molecule has 0 bridgehead atoms. The number of carbonyl (C=O) groups is 1. The first-order chi connectivity index (χ1) is 12.8. The number of rotatable bonds is 4. The molecular formula is C19H14N4O2S. The molecule has 6 nitrogen and oxygen atoms in total. The number of urea groups is 1. The van der Waals surface area contributed by atoms with E-state index in [0.29, 0.717) is 17.2 Å². The van der Waals surface area contributed by atoms with Gasteiger partial charge in [-0.1, -0.05) is 30.3 Å². The number of nitrogens with zero attached hydrogens (tertiary/aromatic N) is 2. The minimum absolute atomic E-state index is 0.426. The number of carbonyl (C=O) groups excluding carboxylic acids is 1. The number of para-hydroxylation sites is 2. The standard InChI is InChI=1S/C19H14N4O2S/c24-19(21-13-6-2-1-3-7-13)23-20-12-14-10-11-16(25-14)18-22-15-8-4-5-9-17(15)26-18/h1-12H,(H2,21,23,24)/b20-12-. The Balaban J connectivity index is 1.40. The monoisotopic (exact) mass is 362 g/mol. The number of amides is 2. The van der Waals surface area contributed by atoms with Crippen LogP contribution in [0.3, 0.4) is 0 Å². The van der Waals surface area contributed by atoms with Crippen molar-refractivity contribution in [2.45, 2.75) is 0 Å². The number of hydrogen-bond acceptors (Lipinski definition) is 5. The van der Waals surface area contributed by atoms with Crippen LogP contribution in [0.1, 0.15) is 5.76 Å². The molecule has 0 aliphatic carbocycles. The summed E-state index contributed by atoms with van der Waals surface area (Å²) < 4.78 is 6.83. The molecule has 0 saturated carbocycles. The van der Waals surface area contributed by atoms with E-state index in [1.54, 1.807) is 29.5 Å². The van der Waals surface area contributed by atoms with E-state index >= 15 is 0 Å².